The molecule has 44 heavy (non-hydrogen) atoms. The minimum atomic E-state index is 0.0239. The maximum Gasteiger partial charge on any atom is 0.304 e. The summed E-state index contributed by atoms with van der Waals surface area (Å²) >= 11 is 0. The number of aliphatic imine (C=N–C) groups is 1. The molecule has 2 aliphatic heterocycles. The van der Waals surface area contributed by atoms with E-state index in [0.29, 0.717) is 0 Å². The molecule has 2 aliphatic rings. The van der Waals surface area contributed by atoms with Crippen LogP contribution in [0.15, 0.2) is 143 Å². The lowest BCUT2D eigenvalue weighted by Gasteiger charge is -2.29. The van der Waals surface area contributed by atoms with Crippen LogP contribution in [0.2, 0.25) is 0 Å². The second kappa shape index (κ2) is 9.51. The first-order valence-electron chi connectivity index (χ1n) is 15.3. The van der Waals surface area contributed by atoms with Crippen molar-refractivity contribution in [1.82, 2.24) is 4.57 Å². The van der Waals surface area contributed by atoms with Crippen LogP contribution in [-0.2, 0) is 6.42 Å². The minimum Gasteiger partial charge on any atom is -0.455 e. The maximum atomic E-state index is 6.75. The summed E-state index contributed by atoms with van der Waals surface area (Å²) in [6.45, 7) is 6.33. The Morgan fingerprint density at radius 1 is 0.841 bits per heavy atom. The molecular weight excluding hydrogens is 538 g/mol. The fraction of sp³-hybridized carbons (Fsp3) is 0.100. The molecule has 2 unspecified atom stereocenters. The van der Waals surface area contributed by atoms with E-state index in [1.807, 2.05) is 12.1 Å². The molecule has 4 heterocycles. The molecule has 210 valence electrons. The van der Waals surface area contributed by atoms with Crippen molar-refractivity contribution in [1.29, 1.82) is 0 Å². The first-order valence-corrected chi connectivity index (χ1v) is 15.3. The van der Waals surface area contributed by atoms with Gasteiger partial charge >= 0.3 is 5.82 Å². The molecule has 0 saturated heterocycles. The second-order valence-corrected chi connectivity index (χ2v) is 11.8. The standard InChI is InChI=1S/C40H30N3O/c1-3-32-28-15-7-8-17-30(28)37(25(2)41-32)35-24-22-26-21-23-31-29-16-9-12-20-36(29)44-39(31)38(26)40-42(27-13-5-4-6-14-27)33-18-10-11-19-34(33)43(35)40/h3-21,23-25,37H,1,22H2,2H3/q+1. The molecule has 0 N–H and O–H groups in total. The summed E-state index contributed by atoms with van der Waals surface area (Å²) in [4.78, 5) is 5.19. The van der Waals surface area contributed by atoms with E-state index >= 15 is 0 Å². The van der Waals surface area contributed by atoms with Crippen molar-refractivity contribution in [3.63, 3.8) is 0 Å². The first kappa shape index (κ1) is 25.1. The number of allylic oxidation sites excluding steroid dienone is 2. The molecule has 2 aromatic heterocycles. The summed E-state index contributed by atoms with van der Waals surface area (Å²) in [6, 6.07) is 41.0. The fourth-order valence-electron chi connectivity index (χ4n) is 7.50. The van der Waals surface area contributed by atoms with Crippen molar-refractivity contribution in [2.45, 2.75) is 25.3 Å². The van der Waals surface area contributed by atoms with Gasteiger partial charge in [-0.1, -0.05) is 91.5 Å². The largest absolute Gasteiger partial charge is 0.455 e. The molecule has 2 atom stereocenters. The molecule has 0 amide bonds. The van der Waals surface area contributed by atoms with E-state index in [9.17, 15) is 0 Å². The quantitative estimate of drug-likeness (QED) is 0.196. The third kappa shape index (κ3) is 3.45. The zero-order valence-corrected chi connectivity index (χ0v) is 24.4. The van der Waals surface area contributed by atoms with Crippen LogP contribution in [0.3, 0.4) is 0 Å². The van der Waals surface area contributed by atoms with Gasteiger partial charge in [0.15, 0.2) is 16.6 Å². The zero-order valence-electron chi connectivity index (χ0n) is 24.4. The van der Waals surface area contributed by atoms with Crippen LogP contribution < -0.4 is 4.57 Å². The third-order valence-electron chi connectivity index (χ3n) is 9.36. The van der Waals surface area contributed by atoms with Crippen molar-refractivity contribution >= 4 is 44.4 Å². The van der Waals surface area contributed by atoms with Crippen molar-refractivity contribution in [2.24, 2.45) is 4.99 Å². The Morgan fingerprint density at radius 2 is 1.61 bits per heavy atom. The average molecular weight is 569 g/mol. The van der Waals surface area contributed by atoms with Crippen LogP contribution in [0.5, 0.6) is 0 Å². The average Bonchev–Trinajstić information content (AvgIpc) is 3.56. The SMILES string of the molecule is C=CC1=NC(C)C(C2=CCc3ccc4c(oc5ccccc54)c3-c3n(-c4ccccc4)c4ccccc4[n+]32)c2ccccc21. The van der Waals surface area contributed by atoms with Gasteiger partial charge < -0.3 is 4.42 Å². The van der Waals surface area contributed by atoms with Crippen LogP contribution in [0, 0.1) is 0 Å². The number of hydrogen-bond donors (Lipinski definition) is 0. The lowest BCUT2D eigenvalue weighted by atomic mass is 9.81. The molecule has 9 rings (SSSR count). The fourth-order valence-corrected chi connectivity index (χ4v) is 7.50. The number of benzene rings is 5. The van der Waals surface area contributed by atoms with Crippen LogP contribution in [-0.4, -0.2) is 16.3 Å². The molecular formula is C40H30N3O+. The number of rotatable bonds is 3. The van der Waals surface area contributed by atoms with E-state index in [4.69, 9.17) is 9.41 Å². The summed E-state index contributed by atoms with van der Waals surface area (Å²) in [6.07, 6.45) is 5.10. The summed E-state index contributed by atoms with van der Waals surface area (Å²) < 4.78 is 11.7. The van der Waals surface area contributed by atoms with Crippen molar-refractivity contribution in [3.8, 4) is 17.1 Å². The van der Waals surface area contributed by atoms with Gasteiger partial charge in [-0.25, -0.2) is 0 Å². The molecule has 0 spiro atoms. The monoisotopic (exact) mass is 568 g/mol. The lowest BCUT2D eigenvalue weighted by Crippen LogP contribution is -2.40. The topological polar surface area (TPSA) is 34.3 Å². The Kier molecular flexibility index (Phi) is 5.42. The van der Waals surface area contributed by atoms with Crippen molar-refractivity contribution < 1.29 is 8.98 Å². The van der Waals surface area contributed by atoms with Gasteiger partial charge in [-0.05, 0) is 67.0 Å². The predicted octanol–water partition coefficient (Wildman–Crippen LogP) is 9.04. The van der Waals surface area contributed by atoms with E-state index in [1.165, 1.54) is 16.8 Å². The van der Waals surface area contributed by atoms with Crippen molar-refractivity contribution in [3.05, 3.63) is 151 Å². The van der Waals surface area contributed by atoms with Gasteiger partial charge in [0.2, 0.25) is 0 Å². The highest BCUT2D eigenvalue weighted by Crippen LogP contribution is 2.44. The number of para-hydroxylation sites is 4. The smallest absolute Gasteiger partial charge is 0.304 e. The number of fused-ring (bicyclic) bond motifs is 10. The molecule has 0 bridgehead atoms. The molecule has 0 saturated carbocycles. The van der Waals surface area contributed by atoms with Crippen LogP contribution in [0.4, 0.5) is 0 Å². The van der Waals surface area contributed by atoms with Gasteiger partial charge in [0, 0.05) is 16.3 Å². The van der Waals surface area contributed by atoms with E-state index in [1.54, 1.807) is 0 Å². The third-order valence-corrected chi connectivity index (χ3v) is 9.36. The molecule has 4 heteroatoms. The molecule has 7 aromatic rings. The lowest BCUT2D eigenvalue weighted by molar-refractivity contribution is -0.544. The van der Waals surface area contributed by atoms with Crippen LogP contribution in [0.25, 0.3) is 55.7 Å². The van der Waals surface area contributed by atoms with E-state index in [-0.39, 0.29) is 12.0 Å². The minimum absolute atomic E-state index is 0.0239. The Hall–Kier alpha value is -5.48. The number of imidazole rings is 1. The van der Waals surface area contributed by atoms with E-state index in [0.717, 1.165) is 67.7 Å². The molecule has 0 radical (unpaired) electrons. The van der Waals surface area contributed by atoms with Crippen LogP contribution >= 0.6 is 0 Å². The number of nitrogens with zero attached hydrogens (tertiary/aromatic N) is 3. The number of hydrogen-bond acceptors (Lipinski definition) is 2. The van der Waals surface area contributed by atoms with Gasteiger partial charge in [-0.2, -0.15) is 9.13 Å². The molecule has 5 aromatic carbocycles. The normalized spacial score (nSPS) is 17.5. The summed E-state index contributed by atoms with van der Waals surface area (Å²) in [5, 5.41) is 2.27. The Balaban J connectivity index is 1.44. The summed E-state index contributed by atoms with van der Waals surface area (Å²) in [5.41, 5.74) is 12.3. The Labute approximate surface area is 255 Å². The van der Waals surface area contributed by atoms with E-state index in [2.05, 4.69) is 138 Å². The predicted molar refractivity (Wildman–Crippen MR) is 180 cm³/mol. The summed E-state index contributed by atoms with van der Waals surface area (Å²) in [7, 11) is 0. The van der Waals surface area contributed by atoms with Gasteiger partial charge in [0.25, 0.3) is 0 Å². The molecule has 0 aliphatic carbocycles. The Morgan fingerprint density at radius 3 is 2.50 bits per heavy atom. The van der Waals surface area contributed by atoms with E-state index < -0.39 is 0 Å². The van der Waals surface area contributed by atoms with Gasteiger partial charge in [-0.15, -0.1) is 0 Å². The highest BCUT2D eigenvalue weighted by atomic mass is 16.3. The first-order chi connectivity index (χ1) is 21.7. The maximum absolute atomic E-state index is 6.75. The molecule has 4 nitrogen and oxygen atoms in total. The highest BCUT2D eigenvalue weighted by molar-refractivity contribution is 6.11. The summed E-state index contributed by atoms with van der Waals surface area (Å²) in [5.74, 6) is 1.15. The Bertz CT molecular complexity index is 2350. The van der Waals surface area contributed by atoms with Crippen LogP contribution in [0.1, 0.15) is 29.5 Å². The van der Waals surface area contributed by atoms with Gasteiger partial charge in [0.1, 0.15) is 22.5 Å². The highest BCUT2D eigenvalue weighted by Gasteiger charge is 2.41. The van der Waals surface area contributed by atoms with Gasteiger partial charge in [-0.3, -0.25) is 4.99 Å². The number of aromatic nitrogens is 2. The van der Waals surface area contributed by atoms with Gasteiger partial charge in [0.05, 0.1) is 17.7 Å². The zero-order chi connectivity index (χ0) is 29.4. The second-order valence-electron chi connectivity index (χ2n) is 11.8. The molecule has 0 fully saturated rings. The number of furan rings is 1. The van der Waals surface area contributed by atoms with Crippen molar-refractivity contribution in [2.75, 3.05) is 0 Å².